The highest BCUT2D eigenvalue weighted by Gasteiger charge is 2.08. The molecule has 3 aromatic rings. The predicted molar refractivity (Wildman–Crippen MR) is 117 cm³/mol. The Balaban J connectivity index is 1.50. The van der Waals surface area contributed by atoms with Gasteiger partial charge in [-0.2, -0.15) is 0 Å². The van der Waals surface area contributed by atoms with Crippen molar-refractivity contribution in [1.29, 1.82) is 0 Å². The first kappa shape index (κ1) is 20.3. The average molecular weight is 390 g/mol. The van der Waals surface area contributed by atoms with E-state index in [1.165, 1.54) is 0 Å². The van der Waals surface area contributed by atoms with E-state index in [1.54, 1.807) is 0 Å². The molecule has 2 N–H and O–H groups in total. The molecule has 0 saturated heterocycles. The maximum absolute atomic E-state index is 12.4. The largest absolute Gasteiger partial charge is 0.491 e. The lowest BCUT2D eigenvalue weighted by Crippen LogP contribution is -2.16. The third-order valence-corrected chi connectivity index (χ3v) is 4.04. The number of ether oxygens (including phenoxy) is 2. The molecule has 0 aromatic heterocycles. The number of para-hydroxylation sites is 3. The number of carbonyl (C=O) groups excluding carboxylic acids is 1. The molecule has 150 valence electrons. The van der Waals surface area contributed by atoms with Gasteiger partial charge in [0, 0.05) is 18.7 Å². The molecule has 0 fully saturated rings. The van der Waals surface area contributed by atoms with Crippen molar-refractivity contribution in [3.8, 4) is 17.2 Å². The molecule has 1 amide bonds. The number of anilines is 2. The summed E-state index contributed by atoms with van der Waals surface area (Å²) in [6.07, 6.45) is 0.482. The molecule has 0 aliphatic rings. The fraction of sp³-hybridized carbons (Fsp3) is 0.208. The van der Waals surface area contributed by atoms with Crippen LogP contribution in [0, 0.1) is 0 Å². The summed E-state index contributed by atoms with van der Waals surface area (Å²) in [5.41, 5.74) is 1.60. The lowest BCUT2D eigenvalue weighted by molar-refractivity contribution is -0.116. The van der Waals surface area contributed by atoms with Crippen molar-refractivity contribution in [3.05, 3.63) is 78.9 Å². The van der Waals surface area contributed by atoms with E-state index in [9.17, 15) is 4.79 Å². The van der Waals surface area contributed by atoms with Gasteiger partial charge < -0.3 is 20.1 Å². The van der Waals surface area contributed by atoms with Crippen LogP contribution in [0.1, 0.15) is 20.3 Å². The molecule has 0 unspecified atom stereocenters. The van der Waals surface area contributed by atoms with Gasteiger partial charge in [0.15, 0.2) is 5.75 Å². The van der Waals surface area contributed by atoms with Gasteiger partial charge in [0.05, 0.1) is 11.8 Å². The molecule has 0 radical (unpaired) electrons. The second-order valence-corrected chi connectivity index (χ2v) is 6.83. The van der Waals surface area contributed by atoms with E-state index < -0.39 is 0 Å². The van der Waals surface area contributed by atoms with Crippen LogP contribution < -0.4 is 20.1 Å². The van der Waals surface area contributed by atoms with E-state index in [1.807, 2.05) is 92.7 Å². The highest BCUT2D eigenvalue weighted by molar-refractivity contribution is 5.92. The molecule has 0 saturated carbocycles. The smallest absolute Gasteiger partial charge is 0.226 e. The summed E-state index contributed by atoms with van der Waals surface area (Å²) < 4.78 is 11.5. The third kappa shape index (κ3) is 6.57. The van der Waals surface area contributed by atoms with Crippen molar-refractivity contribution in [1.82, 2.24) is 0 Å². The minimum atomic E-state index is -0.0821. The number of hydrogen-bond donors (Lipinski definition) is 2. The van der Waals surface area contributed by atoms with E-state index in [2.05, 4.69) is 10.6 Å². The molecule has 3 aromatic carbocycles. The highest BCUT2D eigenvalue weighted by Crippen LogP contribution is 2.29. The van der Waals surface area contributed by atoms with Crippen LogP contribution in [-0.2, 0) is 4.79 Å². The molecule has 0 aliphatic carbocycles. The van der Waals surface area contributed by atoms with Crippen LogP contribution >= 0.6 is 0 Å². The number of carbonyl (C=O) groups is 1. The van der Waals surface area contributed by atoms with E-state index in [0.717, 1.165) is 17.2 Å². The van der Waals surface area contributed by atoms with E-state index in [4.69, 9.17) is 9.47 Å². The molecular formula is C24H26N2O3. The molecule has 5 heteroatoms. The van der Waals surface area contributed by atoms with Gasteiger partial charge in [-0.05, 0) is 62.4 Å². The van der Waals surface area contributed by atoms with Crippen LogP contribution in [0.25, 0.3) is 0 Å². The van der Waals surface area contributed by atoms with Crippen LogP contribution in [0.4, 0.5) is 11.4 Å². The quantitative estimate of drug-likeness (QED) is 0.491. The summed E-state index contributed by atoms with van der Waals surface area (Å²) in [5, 5.41) is 6.17. The Bertz CT molecular complexity index is 909. The zero-order valence-corrected chi connectivity index (χ0v) is 16.7. The van der Waals surface area contributed by atoms with Gasteiger partial charge in [-0.25, -0.2) is 0 Å². The van der Waals surface area contributed by atoms with Gasteiger partial charge >= 0.3 is 0 Å². The Morgan fingerprint density at radius 3 is 2.28 bits per heavy atom. The molecule has 3 rings (SSSR count). The number of hydrogen-bond acceptors (Lipinski definition) is 4. The van der Waals surface area contributed by atoms with Gasteiger partial charge in [0.2, 0.25) is 5.91 Å². The van der Waals surface area contributed by atoms with Crippen LogP contribution in [0.15, 0.2) is 78.9 Å². The summed E-state index contributed by atoms with van der Waals surface area (Å²) in [7, 11) is 0. The summed E-state index contributed by atoms with van der Waals surface area (Å²) >= 11 is 0. The Labute approximate surface area is 171 Å². The van der Waals surface area contributed by atoms with Crippen LogP contribution in [0.3, 0.4) is 0 Å². The Hall–Kier alpha value is -3.47. The molecule has 29 heavy (non-hydrogen) atoms. The number of nitrogens with one attached hydrogen (secondary N) is 2. The Kier molecular flexibility index (Phi) is 7.11. The van der Waals surface area contributed by atoms with Crippen molar-refractivity contribution >= 4 is 17.3 Å². The van der Waals surface area contributed by atoms with Crippen molar-refractivity contribution in [2.24, 2.45) is 0 Å². The summed E-state index contributed by atoms with van der Waals surface area (Å²) in [5.74, 6) is 2.08. The van der Waals surface area contributed by atoms with Gasteiger partial charge in [0.1, 0.15) is 11.5 Å². The SMILES string of the molecule is CC(C)Oc1ccc(NCCC(=O)Nc2ccccc2Oc2ccccc2)cc1. The maximum atomic E-state index is 12.4. The van der Waals surface area contributed by atoms with Gasteiger partial charge in [0.25, 0.3) is 0 Å². The fourth-order valence-electron chi connectivity index (χ4n) is 2.73. The van der Waals surface area contributed by atoms with Crippen molar-refractivity contribution in [2.75, 3.05) is 17.2 Å². The summed E-state index contributed by atoms with van der Waals surface area (Å²) in [4.78, 5) is 12.4. The average Bonchev–Trinajstić information content (AvgIpc) is 2.71. The molecule has 0 spiro atoms. The van der Waals surface area contributed by atoms with Crippen LogP contribution in [0.2, 0.25) is 0 Å². The van der Waals surface area contributed by atoms with Crippen LogP contribution in [0.5, 0.6) is 17.2 Å². The first-order valence-corrected chi connectivity index (χ1v) is 9.72. The lowest BCUT2D eigenvalue weighted by atomic mass is 10.2. The van der Waals surface area contributed by atoms with E-state index in [-0.39, 0.29) is 12.0 Å². The molecule has 0 bridgehead atoms. The zero-order valence-electron chi connectivity index (χ0n) is 16.7. The number of amides is 1. The van der Waals surface area contributed by atoms with Crippen LogP contribution in [-0.4, -0.2) is 18.6 Å². The van der Waals surface area contributed by atoms with Crippen molar-refractivity contribution in [3.63, 3.8) is 0 Å². The predicted octanol–water partition coefficient (Wildman–Crippen LogP) is 5.71. The highest BCUT2D eigenvalue weighted by atomic mass is 16.5. The minimum absolute atomic E-state index is 0.0821. The topological polar surface area (TPSA) is 59.6 Å². The fourth-order valence-corrected chi connectivity index (χ4v) is 2.73. The lowest BCUT2D eigenvalue weighted by Gasteiger charge is -2.13. The van der Waals surface area contributed by atoms with Gasteiger partial charge in [-0.15, -0.1) is 0 Å². The third-order valence-electron chi connectivity index (χ3n) is 4.04. The molecule has 0 aliphatic heterocycles. The molecular weight excluding hydrogens is 364 g/mol. The summed E-state index contributed by atoms with van der Waals surface area (Å²) in [6, 6.07) is 24.6. The van der Waals surface area contributed by atoms with Crippen molar-refractivity contribution < 1.29 is 14.3 Å². The van der Waals surface area contributed by atoms with Crippen molar-refractivity contribution in [2.45, 2.75) is 26.4 Å². The van der Waals surface area contributed by atoms with Gasteiger partial charge in [-0.1, -0.05) is 30.3 Å². The normalized spacial score (nSPS) is 10.4. The van der Waals surface area contributed by atoms with E-state index >= 15 is 0 Å². The number of rotatable bonds is 9. The Morgan fingerprint density at radius 2 is 1.55 bits per heavy atom. The maximum Gasteiger partial charge on any atom is 0.226 e. The second-order valence-electron chi connectivity index (χ2n) is 6.83. The Morgan fingerprint density at radius 1 is 0.862 bits per heavy atom. The molecule has 0 heterocycles. The minimum Gasteiger partial charge on any atom is -0.491 e. The summed E-state index contributed by atoms with van der Waals surface area (Å²) in [6.45, 7) is 4.51. The second kappa shape index (κ2) is 10.2. The number of benzene rings is 3. The molecule has 0 atom stereocenters. The molecule has 5 nitrogen and oxygen atoms in total. The standard InChI is InChI=1S/C24H26N2O3/c1-18(2)28-21-14-12-19(13-15-21)25-17-16-24(27)26-22-10-6-7-11-23(22)29-20-8-4-3-5-9-20/h3-15,18,25H,16-17H2,1-2H3,(H,26,27). The first-order valence-electron chi connectivity index (χ1n) is 9.72. The first-order chi connectivity index (χ1) is 14.1. The zero-order chi connectivity index (χ0) is 20.5. The van der Waals surface area contributed by atoms with E-state index in [0.29, 0.717) is 24.4 Å². The monoisotopic (exact) mass is 390 g/mol. The van der Waals surface area contributed by atoms with Gasteiger partial charge in [-0.3, -0.25) is 4.79 Å².